The number of benzene rings is 2. The number of ether oxygens (including phenoxy) is 1. The van der Waals surface area contributed by atoms with Crippen LogP contribution in [0.5, 0.6) is 5.75 Å². The quantitative estimate of drug-likeness (QED) is 0.493. The molecule has 0 aliphatic carbocycles. The predicted molar refractivity (Wildman–Crippen MR) is 120 cm³/mol. The molecule has 1 aliphatic rings. The number of aromatic nitrogens is 1. The van der Waals surface area contributed by atoms with E-state index in [2.05, 4.69) is 10.3 Å². The van der Waals surface area contributed by atoms with Crippen LogP contribution >= 0.6 is 0 Å². The van der Waals surface area contributed by atoms with Gasteiger partial charge < -0.3 is 20.1 Å². The zero-order valence-corrected chi connectivity index (χ0v) is 18.4. The Morgan fingerprint density at radius 3 is 2.58 bits per heavy atom. The second kappa shape index (κ2) is 8.46. The second-order valence-electron chi connectivity index (χ2n) is 8.54. The van der Waals surface area contributed by atoms with Crippen molar-refractivity contribution in [3.63, 3.8) is 0 Å². The fourth-order valence-corrected chi connectivity index (χ4v) is 4.18. The summed E-state index contributed by atoms with van der Waals surface area (Å²) < 4.78 is 46.4. The molecule has 1 fully saturated rings. The highest BCUT2D eigenvalue weighted by molar-refractivity contribution is 5.96. The first-order valence-corrected chi connectivity index (χ1v) is 10.4. The van der Waals surface area contributed by atoms with Crippen molar-refractivity contribution < 1.29 is 27.8 Å². The number of fused-ring (bicyclic) bond motifs is 1. The number of hydrogen-bond donors (Lipinski definition) is 2. The third-order valence-electron chi connectivity index (χ3n) is 6.11. The molecule has 2 N–H and O–H groups in total. The van der Waals surface area contributed by atoms with E-state index in [-0.39, 0.29) is 5.56 Å². The summed E-state index contributed by atoms with van der Waals surface area (Å²) in [6, 6.07) is 8.70. The zero-order chi connectivity index (χ0) is 23.9. The van der Waals surface area contributed by atoms with E-state index in [0.717, 1.165) is 17.1 Å². The van der Waals surface area contributed by atoms with Gasteiger partial charge in [-0.1, -0.05) is 18.2 Å². The number of pyridine rings is 1. The Bertz CT molecular complexity index is 1210. The monoisotopic (exact) mass is 459 g/mol. The third-order valence-corrected chi connectivity index (χ3v) is 6.11. The van der Waals surface area contributed by atoms with Gasteiger partial charge in [-0.3, -0.25) is 9.78 Å². The molecule has 174 valence electrons. The molecule has 1 atom stereocenters. The van der Waals surface area contributed by atoms with Crippen molar-refractivity contribution in [3.05, 3.63) is 59.5 Å². The van der Waals surface area contributed by atoms with Gasteiger partial charge in [-0.05, 0) is 26.0 Å². The molecular formula is C24H24F3N3O3. The zero-order valence-electron chi connectivity index (χ0n) is 18.4. The Morgan fingerprint density at radius 2 is 1.94 bits per heavy atom. The van der Waals surface area contributed by atoms with Gasteiger partial charge in [0, 0.05) is 42.0 Å². The topological polar surface area (TPSA) is 74.7 Å². The number of alkyl halides is 2. The Balaban J connectivity index is 1.69. The summed E-state index contributed by atoms with van der Waals surface area (Å²) in [5.41, 5.74) is 0.644. The van der Waals surface area contributed by atoms with E-state index in [1.54, 1.807) is 32.2 Å². The molecule has 0 amide bonds. The minimum absolute atomic E-state index is 0.131. The summed E-state index contributed by atoms with van der Waals surface area (Å²) in [6.45, 7) is 4.04. The average molecular weight is 459 g/mol. The van der Waals surface area contributed by atoms with Gasteiger partial charge in [-0.2, -0.15) is 0 Å². The summed E-state index contributed by atoms with van der Waals surface area (Å²) in [7, 11) is 1.53. The maximum absolute atomic E-state index is 14.6. The molecule has 0 bridgehead atoms. The van der Waals surface area contributed by atoms with E-state index in [1.807, 2.05) is 11.0 Å². The van der Waals surface area contributed by atoms with E-state index in [4.69, 9.17) is 4.74 Å². The summed E-state index contributed by atoms with van der Waals surface area (Å²) in [6.07, 6.45) is -1.31. The summed E-state index contributed by atoms with van der Waals surface area (Å²) in [5.74, 6) is -1.23. The molecule has 0 saturated carbocycles. The molecule has 4 rings (SSSR count). The SMILES string of the molecule is COc1cc2nccc(NC(C)c3cccc(C(F)F)c3F)c2cc1N1CC(C)(C(=O)O)C1. The van der Waals surface area contributed by atoms with Crippen LogP contribution in [0.4, 0.5) is 24.5 Å². The van der Waals surface area contributed by atoms with E-state index in [9.17, 15) is 23.1 Å². The minimum atomic E-state index is -2.90. The Labute approximate surface area is 189 Å². The number of methoxy groups -OCH3 is 1. The smallest absolute Gasteiger partial charge is 0.312 e. The number of carboxylic acid groups (broad SMARTS) is 1. The number of halogens is 3. The van der Waals surface area contributed by atoms with Crippen LogP contribution < -0.4 is 15.0 Å². The molecule has 3 aromatic rings. The molecule has 1 aromatic heterocycles. The Morgan fingerprint density at radius 1 is 1.24 bits per heavy atom. The van der Waals surface area contributed by atoms with Crippen LogP contribution in [0.1, 0.15) is 37.4 Å². The standard InChI is InChI=1S/C24H24F3N3O3/c1-13(14-5-4-6-15(21(14)25)22(26)27)29-17-7-8-28-18-10-20(33-3)19(9-16(17)18)30-11-24(2,12-30)23(31)32/h4-10,13,22H,11-12H2,1-3H3,(H,28,29)(H,31,32). The highest BCUT2D eigenvalue weighted by Crippen LogP contribution is 2.42. The lowest BCUT2D eigenvalue weighted by Crippen LogP contribution is -2.59. The highest BCUT2D eigenvalue weighted by Gasteiger charge is 2.46. The van der Waals surface area contributed by atoms with Crippen LogP contribution in [-0.2, 0) is 4.79 Å². The molecule has 2 aromatic carbocycles. The molecule has 6 nitrogen and oxygen atoms in total. The first-order valence-electron chi connectivity index (χ1n) is 10.4. The molecule has 0 spiro atoms. The molecule has 1 aliphatic heterocycles. The van der Waals surface area contributed by atoms with Gasteiger partial charge in [0.25, 0.3) is 6.43 Å². The van der Waals surface area contributed by atoms with Crippen molar-refractivity contribution >= 4 is 28.2 Å². The van der Waals surface area contributed by atoms with Crippen LogP contribution in [0.3, 0.4) is 0 Å². The molecule has 33 heavy (non-hydrogen) atoms. The average Bonchev–Trinajstić information content (AvgIpc) is 2.76. The normalized spacial score (nSPS) is 15.9. The number of anilines is 2. The van der Waals surface area contributed by atoms with E-state index in [0.29, 0.717) is 30.0 Å². The second-order valence-corrected chi connectivity index (χ2v) is 8.54. The summed E-state index contributed by atoms with van der Waals surface area (Å²) in [4.78, 5) is 17.8. The number of aliphatic carboxylic acids is 1. The van der Waals surface area contributed by atoms with Crippen LogP contribution in [0.2, 0.25) is 0 Å². The van der Waals surface area contributed by atoms with Gasteiger partial charge in [-0.25, -0.2) is 13.2 Å². The van der Waals surface area contributed by atoms with E-state index in [1.165, 1.54) is 19.2 Å². The lowest BCUT2D eigenvalue weighted by Gasteiger charge is -2.46. The first kappa shape index (κ1) is 22.7. The fraction of sp³-hybridized carbons (Fsp3) is 0.333. The van der Waals surface area contributed by atoms with Gasteiger partial charge in [-0.15, -0.1) is 0 Å². The minimum Gasteiger partial charge on any atom is -0.495 e. The molecule has 0 radical (unpaired) electrons. The van der Waals surface area contributed by atoms with Crippen molar-refractivity contribution in [1.29, 1.82) is 0 Å². The molecule has 1 unspecified atom stereocenters. The third kappa shape index (κ3) is 4.03. The number of carboxylic acids is 1. The summed E-state index contributed by atoms with van der Waals surface area (Å²) in [5, 5.41) is 13.3. The highest BCUT2D eigenvalue weighted by atomic mass is 19.3. The predicted octanol–water partition coefficient (Wildman–Crippen LogP) is 5.40. The number of rotatable bonds is 7. The maximum Gasteiger partial charge on any atom is 0.312 e. The van der Waals surface area contributed by atoms with E-state index >= 15 is 0 Å². The Kier molecular flexibility index (Phi) is 5.82. The van der Waals surface area contributed by atoms with Crippen LogP contribution in [0.25, 0.3) is 10.9 Å². The lowest BCUT2D eigenvalue weighted by atomic mass is 9.81. The van der Waals surface area contributed by atoms with Crippen LogP contribution in [0.15, 0.2) is 42.6 Å². The molecule has 9 heteroatoms. The van der Waals surface area contributed by atoms with Crippen molar-refractivity contribution in [2.24, 2.45) is 5.41 Å². The summed E-state index contributed by atoms with van der Waals surface area (Å²) >= 11 is 0. The first-order chi connectivity index (χ1) is 15.6. The van der Waals surface area contributed by atoms with Crippen molar-refractivity contribution in [3.8, 4) is 5.75 Å². The maximum atomic E-state index is 14.6. The van der Waals surface area contributed by atoms with Gasteiger partial charge in [0.15, 0.2) is 0 Å². The Hall–Kier alpha value is -3.49. The van der Waals surface area contributed by atoms with Gasteiger partial charge in [0.2, 0.25) is 0 Å². The number of nitrogens with one attached hydrogen (secondary N) is 1. The largest absolute Gasteiger partial charge is 0.495 e. The lowest BCUT2D eigenvalue weighted by molar-refractivity contribution is -0.149. The van der Waals surface area contributed by atoms with Crippen molar-refractivity contribution in [2.45, 2.75) is 26.3 Å². The van der Waals surface area contributed by atoms with Crippen molar-refractivity contribution in [1.82, 2.24) is 4.98 Å². The van der Waals surface area contributed by atoms with Gasteiger partial charge in [0.05, 0.1) is 35.3 Å². The number of hydrogen-bond acceptors (Lipinski definition) is 5. The fourth-order valence-electron chi connectivity index (χ4n) is 4.18. The molecular weight excluding hydrogens is 435 g/mol. The van der Waals surface area contributed by atoms with Gasteiger partial charge >= 0.3 is 5.97 Å². The van der Waals surface area contributed by atoms with Crippen LogP contribution in [-0.4, -0.2) is 36.3 Å². The molecule has 2 heterocycles. The number of carbonyl (C=O) groups is 1. The van der Waals surface area contributed by atoms with Crippen LogP contribution in [0, 0.1) is 11.2 Å². The van der Waals surface area contributed by atoms with E-state index < -0.39 is 35.2 Å². The van der Waals surface area contributed by atoms with Crippen molar-refractivity contribution in [2.75, 3.05) is 30.4 Å². The van der Waals surface area contributed by atoms with Gasteiger partial charge in [0.1, 0.15) is 11.6 Å². The molecule has 1 saturated heterocycles. The number of nitrogens with zero attached hydrogens (tertiary/aromatic N) is 2.